The van der Waals surface area contributed by atoms with E-state index < -0.39 is 17.8 Å². The van der Waals surface area contributed by atoms with Crippen LogP contribution < -0.4 is 16.0 Å². The van der Waals surface area contributed by atoms with E-state index in [1.807, 2.05) is 13.8 Å². The molecule has 2 atom stereocenters. The summed E-state index contributed by atoms with van der Waals surface area (Å²) < 4.78 is 0. The minimum atomic E-state index is -0.939. The van der Waals surface area contributed by atoms with Gasteiger partial charge in [0.05, 0.1) is 11.8 Å². The number of nitrogens with one attached hydrogen (secondary N) is 3. The molecular weight excluding hydrogens is 382 g/mol. The first-order valence-corrected chi connectivity index (χ1v) is 10.7. The number of hydrogen-bond donors (Lipinski definition) is 4. The Morgan fingerprint density at radius 3 is 1.93 bits per heavy atom. The second-order valence-electron chi connectivity index (χ2n) is 8.52. The number of carboxylic acid groups (broad SMARTS) is 1. The molecule has 3 amide bonds. The lowest BCUT2D eigenvalue weighted by Crippen LogP contribution is -2.39. The molecule has 1 aromatic rings. The molecule has 7 nitrogen and oxygen atoms in total. The first kappa shape index (κ1) is 21.9. The van der Waals surface area contributed by atoms with E-state index in [0.717, 1.165) is 36.8 Å². The third-order valence-electron chi connectivity index (χ3n) is 6.27. The number of carbonyl (C=O) groups excluding carboxylic acids is 2. The lowest BCUT2D eigenvalue weighted by Gasteiger charge is -2.29. The Bertz CT molecular complexity index is 825. The van der Waals surface area contributed by atoms with Crippen LogP contribution in [0.1, 0.15) is 58.8 Å². The van der Waals surface area contributed by atoms with Crippen molar-refractivity contribution >= 4 is 29.3 Å². The summed E-state index contributed by atoms with van der Waals surface area (Å²) in [6.45, 7) is 3.88. The number of allylic oxidation sites excluding steroid dienone is 2. The predicted molar refractivity (Wildman–Crippen MR) is 116 cm³/mol. The molecule has 0 aromatic heterocycles. The monoisotopic (exact) mass is 413 g/mol. The van der Waals surface area contributed by atoms with E-state index >= 15 is 0 Å². The number of amides is 3. The first-order valence-electron chi connectivity index (χ1n) is 10.7. The molecule has 0 spiro atoms. The number of rotatable bonds is 5. The normalized spacial score (nSPS) is 22.3. The van der Waals surface area contributed by atoms with Crippen LogP contribution in [-0.4, -0.2) is 29.1 Å². The van der Waals surface area contributed by atoms with E-state index in [-0.39, 0.29) is 18.0 Å². The van der Waals surface area contributed by atoms with Crippen LogP contribution in [0.5, 0.6) is 0 Å². The van der Waals surface area contributed by atoms with Crippen LogP contribution in [0, 0.1) is 11.8 Å². The highest BCUT2D eigenvalue weighted by Gasteiger charge is 2.37. The molecule has 0 aliphatic heterocycles. The van der Waals surface area contributed by atoms with E-state index in [4.69, 9.17) is 0 Å². The molecule has 0 heterocycles. The maximum Gasteiger partial charge on any atom is 0.319 e. The molecule has 3 rings (SSSR count). The Hall–Kier alpha value is -2.83. The largest absolute Gasteiger partial charge is 0.481 e. The number of aliphatic carboxylic acids is 1. The fourth-order valence-electron chi connectivity index (χ4n) is 4.30. The van der Waals surface area contributed by atoms with Crippen molar-refractivity contribution in [3.8, 4) is 0 Å². The molecule has 2 aliphatic rings. The fourth-order valence-corrected chi connectivity index (χ4v) is 4.30. The summed E-state index contributed by atoms with van der Waals surface area (Å²) in [5.41, 5.74) is 3.34. The molecule has 2 aliphatic carbocycles. The zero-order valence-electron chi connectivity index (χ0n) is 17.7. The van der Waals surface area contributed by atoms with Gasteiger partial charge in [0.15, 0.2) is 0 Å². The highest BCUT2D eigenvalue weighted by atomic mass is 16.4. The first-order chi connectivity index (χ1) is 14.3. The van der Waals surface area contributed by atoms with E-state index in [2.05, 4.69) is 16.0 Å². The van der Waals surface area contributed by atoms with Gasteiger partial charge in [-0.1, -0.05) is 30.4 Å². The van der Waals surface area contributed by atoms with Crippen LogP contribution in [0.25, 0.3) is 0 Å². The molecule has 7 heteroatoms. The number of anilines is 2. The zero-order valence-corrected chi connectivity index (χ0v) is 17.7. The summed E-state index contributed by atoms with van der Waals surface area (Å²) in [6, 6.07) is 6.88. The number of benzene rings is 1. The number of carboxylic acids is 1. The number of carbonyl (C=O) groups is 3. The maximum atomic E-state index is 12.7. The predicted octanol–water partition coefficient (Wildman–Crippen LogP) is 4.53. The Morgan fingerprint density at radius 2 is 1.37 bits per heavy atom. The summed E-state index contributed by atoms with van der Waals surface area (Å²) in [5.74, 6) is -2.53. The second kappa shape index (κ2) is 9.78. The molecule has 30 heavy (non-hydrogen) atoms. The van der Waals surface area contributed by atoms with E-state index in [9.17, 15) is 19.5 Å². The molecule has 0 bridgehead atoms. The molecule has 0 saturated heterocycles. The minimum absolute atomic E-state index is 0.220. The molecule has 0 unspecified atom stereocenters. The molecule has 1 fully saturated rings. The number of hydrogen-bond acceptors (Lipinski definition) is 3. The fraction of sp³-hybridized carbons (Fsp3) is 0.522. The van der Waals surface area contributed by atoms with Gasteiger partial charge in [-0.3, -0.25) is 9.59 Å². The van der Waals surface area contributed by atoms with E-state index in [1.165, 1.54) is 6.42 Å². The van der Waals surface area contributed by atoms with E-state index in [0.29, 0.717) is 24.2 Å². The third kappa shape index (κ3) is 5.62. The van der Waals surface area contributed by atoms with Gasteiger partial charge in [-0.2, -0.15) is 0 Å². The second-order valence-corrected chi connectivity index (χ2v) is 8.52. The molecule has 1 aromatic carbocycles. The average Bonchev–Trinajstić information content (AvgIpc) is 2.71. The standard InChI is InChI=1S/C23H31N3O4/c1-14-12-19(20(22(28)29)13-15(14)2)21(27)24-17-8-10-18(11-9-17)26-23(30)25-16-6-4-3-5-7-16/h8-11,16,19-20H,3-7,12-13H2,1-2H3,(H,24,27)(H,28,29)(H2,25,26,30)/t19-,20-/m0/s1. The SMILES string of the molecule is CC1=C(C)C[C@H](C(=O)Nc2ccc(NC(=O)NC3CCCCC3)cc2)[C@@H](C(=O)O)C1. The molecule has 4 N–H and O–H groups in total. The van der Waals surface area contributed by atoms with E-state index in [1.54, 1.807) is 24.3 Å². The quantitative estimate of drug-likeness (QED) is 0.532. The zero-order chi connectivity index (χ0) is 21.7. The van der Waals surface area contributed by atoms with Gasteiger partial charge in [-0.25, -0.2) is 4.79 Å². The molecule has 0 radical (unpaired) electrons. The number of urea groups is 1. The van der Waals surface area contributed by atoms with Crippen molar-refractivity contribution in [1.29, 1.82) is 0 Å². The summed E-state index contributed by atoms with van der Waals surface area (Å²) in [5, 5.41) is 18.2. The van der Waals surface area contributed by atoms with Crippen LogP contribution in [0.2, 0.25) is 0 Å². The van der Waals surface area contributed by atoms with Crippen molar-refractivity contribution in [3.63, 3.8) is 0 Å². The van der Waals surface area contributed by atoms with Crippen molar-refractivity contribution in [2.45, 2.75) is 64.8 Å². The van der Waals surface area contributed by atoms with Crippen molar-refractivity contribution in [2.75, 3.05) is 10.6 Å². The van der Waals surface area contributed by atoms with Crippen molar-refractivity contribution in [2.24, 2.45) is 11.8 Å². The molecule has 162 valence electrons. The Balaban J connectivity index is 1.56. The van der Waals surface area contributed by atoms with Crippen molar-refractivity contribution < 1.29 is 19.5 Å². The van der Waals surface area contributed by atoms with Crippen LogP contribution in [0.4, 0.5) is 16.2 Å². The smallest absolute Gasteiger partial charge is 0.319 e. The summed E-state index contributed by atoms with van der Waals surface area (Å²) in [6.07, 6.45) is 6.43. The summed E-state index contributed by atoms with van der Waals surface area (Å²) in [4.78, 5) is 36.5. The molecule has 1 saturated carbocycles. The van der Waals surface area contributed by atoms with Crippen molar-refractivity contribution in [3.05, 3.63) is 35.4 Å². The minimum Gasteiger partial charge on any atom is -0.481 e. The topological polar surface area (TPSA) is 108 Å². The van der Waals surface area contributed by atoms with Gasteiger partial charge >= 0.3 is 12.0 Å². The Labute approximate surface area is 177 Å². The van der Waals surface area contributed by atoms with Crippen LogP contribution in [0.15, 0.2) is 35.4 Å². The Morgan fingerprint density at radius 1 is 0.833 bits per heavy atom. The molecular formula is C23H31N3O4. The highest BCUT2D eigenvalue weighted by molar-refractivity contribution is 5.96. The van der Waals surface area contributed by atoms with Crippen LogP contribution >= 0.6 is 0 Å². The van der Waals surface area contributed by atoms with Gasteiger partial charge in [0.25, 0.3) is 0 Å². The highest BCUT2D eigenvalue weighted by Crippen LogP contribution is 2.35. The van der Waals surface area contributed by atoms with Gasteiger partial charge in [0.2, 0.25) is 5.91 Å². The van der Waals surface area contributed by atoms with Gasteiger partial charge in [0, 0.05) is 17.4 Å². The summed E-state index contributed by atoms with van der Waals surface area (Å²) >= 11 is 0. The van der Waals surface area contributed by atoms with Crippen LogP contribution in [0.3, 0.4) is 0 Å². The van der Waals surface area contributed by atoms with Gasteiger partial charge in [-0.15, -0.1) is 0 Å². The van der Waals surface area contributed by atoms with Gasteiger partial charge in [0.1, 0.15) is 0 Å². The van der Waals surface area contributed by atoms with Crippen LogP contribution in [-0.2, 0) is 9.59 Å². The van der Waals surface area contributed by atoms with Crippen molar-refractivity contribution in [1.82, 2.24) is 5.32 Å². The lowest BCUT2D eigenvalue weighted by molar-refractivity contribution is -0.146. The van der Waals surface area contributed by atoms with Gasteiger partial charge in [-0.05, 0) is 63.8 Å². The summed E-state index contributed by atoms with van der Waals surface area (Å²) in [7, 11) is 0. The average molecular weight is 414 g/mol. The Kier molecular flexibility index (Phi) is 7.13. The van der Waals surface area contributed by atoms with Gasteiger partial charge < -0.3 is 21.1 Å². The lowest BCUT2D eigenvalue weighted by atomic mass is 9.76. The third-order valence-corrected chi connectivity index (χ3v) is 6.27. The maximum absolute atomic E-state index is 12.7.